The average molecular weight is 198 g/mol. The van der Waals surface area contributed by atoms with Gasteiger partial charge in [-0.2, -0.15) is 13.2 Å². The van der Waals surface area contributed by atoms with Crippen molar-refractivity contribution in [3.05, 3.63) is 0 Å². The van der Waals surface area contributed by atoms with E-state index in [1.807, 2.05) is 0 Å². The van der Waals surface area contributed by atoms with Gasteiger partial charge < -0.3 is 4.79 Å². The topological polar surface area (TPSA) is 17.1 Å². The summed E-state index contributed by atoms with van der Waals surface area (Å²) in [6.07, 6.45) is -4.94. The van der Waals surface area contributed by atoms with E-state index in [2.05, 4.69) is 0 Å². The second-order valence-electron chi connectivity index (χ2n) is 3.24. The lowest BCUT2D eigenvalue weighted by Crippen LogP contribution is -2.32. The molecule has 0 aliphatic carbocycles. The highest BCUT2D eigenvalue weighted by molar-refractivity contribution is 7.00. The number of hydrogen-bond acceptors (Lipinski definition) is 1. The van der Waals surface area contributed by atoms with E-state index in [0.717, 1.165) is 5.91 Å². The Kier molecular flexibility index (Phi) is 3.96. The summed E-state index contributed by atoms with van der Waals surface area (Å²) in [6, 6.07) is 0.614. The summed E-state index contributed by atoms with van der Waals surface area (Å²) in [5.41, 5.74) is 0. The number of hydrogen-bond donors (Lipinski definition) is 0. The average Bonchev–Trinajstić information content (AvgIpc) is 1.99. The summed E-state index contributed by atoms with van der Waals surface area (Å²) in [5.74, 6) is 0.749. The molecule has 0 fully saturated rings. The van der Waals surface area contributed by atoms with Gasteiger partial charge >= 0.3 is 6.18 Å². The maximum Gasteiger partial charge on any atom is 0.388 e. The Morgan fingerprint density at radius 1 is 1.42 bits per heavy atom. The van der Waals surface area contributed by atoms with Crippen molar-refractivity contribution in [2.75, 3.05) is 0 Å². The highest BCUT2D eigenvalue weighted by atomic mass is 28.3. The summed E-state index contributed by atoms with van der Waals surface area (Å²) in [4.78, 5) is 10.5. The molecular formula is C7H13F3OSi. The van der Waals surface area contributed by atoms with Gasteiger partial charge in [0.25, 0.3) is 0 Å². The van der Waals surface area contributed by atoms with Gasteiger partial charge in [-0.3, -0.25) is 0 Å². The largest absolute Gasteiger partial charge is 0.388 e. The molecule has 1 nitrogen and oxygen atoms in total. The van der Waals surface area contributed by atoms with E-state index in [4.69, 9.17) is 0 Å². The molecule has 0 spiro atoms. The Labute approximate surface area is 71.0 Å². The Morgan fingerprint density at radius 3 is 2.17 bits per heavy atom. The third-order valence-electron chi connectivity index (χ3n) is 2.07. The summed E-state index contributed by atoms with van der Waals surface area (Å²) in [5, 5.41) is 0. The molecule has 0 aromatic heterocycles. The number of carbonyl (C=O) groups is 1. The SMILES string of the molecule is CC[Si](C)(C=O)CCC(F)(F)F. The summed E-state index contributed by atoms with van der Waals surface area (Å²) >= 11 is 0. The van der Waals surface area contributed by atoms with Crippen molar-refractivity contribution in [2.24, 2.45) is 0 Å². The van der Waals surface area contributed by atoms with Crippen LogP contribution in [0.2, 0.25) is 18.6 Å². The van der Waals surface area contributed by atoms with Gasteiger partial charge in [-0.15, -0.1) is 0 Å². The molecule has 5 heteroatoms. The fourth-order valence-corrected chi connectivity index (χ4v) is 2.24. The number of carbonyl (C=O) groups excluding carboxylic acids is 1. The summed E-state index contributed by atoms with van der Waals surface area (Å²) in [6.45, 7) is 3.46. The molecule has 0 bridgehead atoms. The van der Waals surface area contributed by atoms with Crippen LogP contribution >= 0.6 is 0 Å². The standard InChI is InChI=1S/C7H13F3OSi/c1-3-12(2,6-11)5-4-7(8,9)10/h6H,3-5H2,1-2H3. The molecule has 1 unspecified atom stereocenters. The molecular weight excluding hydrogens is 185 g/mol. The van der Waals surface area contributed by atoms with Crippen LogP contribution in [-0.4, -0.2) is 20.2 Å². The Hall–Kier alpha value is -0.323. The van der Waals surface area contributed by atoms with Gasteiger partial charge in [0.05, 0.1) is 5.91 Å². The second-order valence-corrected chi connectivity index (χ2v) is 7.99. The van der Waals surface area contributed by atoms with Gasteiger partial charge in [0.1, 0.15) is 8.07 Å². The molecule has 0 amide bonds. The molecule has 0 rings (SSSR count). The van der Waals surface area contributed by atoms with Crippen LogP contribution in [0.1, 0.15) is 13.3 Å². The fourth-order valence-electron chi connectivity index (χ4n) is 0.746. The van der Waals surface area contributed by atoms with Gasteiger partial charge in [0.15, 0.2) is 0 Å². The van der Waals surface area contributed by atoms with E-state index < -0.39 is 20.7 Å². The molecule has 0 saturated carbocycles. The maximum atomic E-state index is 11.8. The lowest BCUT2D eigenvalue weighted by atomic mass is 10.5. The van der Waals surface area contributed by atoms with Gasteiger partial charge in [0, 0.05) is 6.42 Å². The van der Waals surface area contributed by atoms with E-state index in [1.165, 1.54) is 0 Å². The van der Waals surface area contributed by atoms with Crippen molar-refractivity contribution in [3.63, 3.8) is 0 Å². The zero-order chi connectivity index (χ0) is 9.83. The number of rotatable bonds is 4. The molecule has 0 N–H and O–H groups in total. The lowest BCUT2D eigenvalue weighted by molar-refractivity contribution is -0.130. The Morgan fingerprint density at radius 2 is 1.92 bits per heavy atom. The molecule has 12 heavy (non-hydrogen) atoms. The predicted molar refractivity (Wildman–Crippen MR) is 44.3 cm³/mol. The van der Waals surface area contributed by atoms with E-state index in [0.29, 0.717) is 6.04 Å². The van der Waals surface area contributed by atoms with E-state index in [1.54, 1.807) is 13.5 Å². The normalized spacial score (nSPS) is 17.1. The smallest absolute Gasteiger partial charge is 0.309 e. The van der Waals surface area contributed by atoms with Crippen LogP contribution in [0.5, 0.6) is 0 Å². The van der Waals surface area contributed by atoms with Crippen LogP contribution in [0.4, 0.5) is 13.2 Å². The van der Waals surface area contributed by atoms with Crippen molar-refractivity contribution >= 4 is 14.0 Å². The van der Waals surface area contributed by atoms with Gasteiger partial charge in [0.2, 0.25) is 0 Å². The van der Waals surface area contributed by atoms with Crippen molar-refractivity contribution in [1.29, 1.82) is 0 Å². The van der Waals surface area contributed by atoms with Crippen LogP contribution in [0.15, 0.2) is 0 Å². The first-order valence-corrected chi connectivity index (χ1v) is 6.85. The molecule has 0 aromatic rings. The van der Waals surface area contributed by atoms with Crippen molar-refractivity contribution < 1.29 is 18.0 Å². The van der Waals surface area contributed by atoms with Crippen LogP contribution in [0, 0.1) is 0 Å². The maximum absolute atomic E-state index is 11.8. The molecule has 1 atom stereocenters. The highest BCUT2D eigenvalue weighted by Crippen LogP contribution is 2.26. The molecule has 0 aromatic carbocycles. The van der Waals surface area contributed by atoms with Crippen LogP contribution in [0.25, 0.3) is 0 Å². The molecule has 0 radical (unpaired) electrons. The predicted octanol–water partition coefficient (Wildman–Crippen LogP) is 2.81. The quantitative estimate of drug-likeness (QED) is 0.501. The zero-order valence-corrected chi connectivity index (χ0v) is 8.24. The van der Waals surface area contributed by atoms with Crippen molar-refractivity contribution in [3.8, 4) is 0 Å². The first kappa shape index (κ1) is 11.7. The third kappa shape index (κ3) is 4.53. The monoisotopic (exact) mass is 198 g/mol. The highest BCUT2D eigenvalue weighted by Gasteiger charge is 2.33. The Bertz CT molecular complexity index is 157. The van der Waals surface area contributed by atoms with E-state index >= 15 is 0 Å². The first-order valence-electron chi connectivity index (χ1n) is 3.86. The molecule has 0 saturated heterocycles. The minimum atomic E-state index is -4.12. The Balaban J connectivity index is 3.98. The minimum absolute atomic E-state index is 0.0243. The van der Waals surface area contributed by atoms with Crippen LogP contribution in [0.3, 0.4) is 0 Å². The van der Waals surface area contributed by atoms with Gasteiger partial charge in [-0.1, -0.05) is 19.5 Å². The molecule has 0 aliphatic rings. The molecule has 0 aliphatic heterocycles. The van der Waals surface area contributed by atoms with Crippen LogP contribution in [-0.2, 0) is 4.79 Å². The second kappa shape index (κ2) is 4.07. The van der Waals surface area contributed by atoms with E-state index in [-0.39, 0.29) is 6.04 Å². The fraction of sp³-hybridized carbons (Fsp3) is 0.857. The number of alkyl halides is 3. The van der Waals surface area contributed by atoms with Gasteiger partial charge in [-0.05, 0) is 6.04 Å². The summed E-state index contributed by atoms with van der Waals surface area (Å²) in [7, 11) is -2.21. The van der Waals surface area contributed by atoms with Gasteiger partial charge in [-0.25, -0.2) is 0 Å². The minimum Gasteiger partial charge on any atom is -0.309 e. The molecule has 0 heterocycles. The van der Waals surface area contributed by atoms with Crippen molar-refractivity contribution in [1.82, 2.24) is 0 Å². The zero-order valence-electron chi connectivity index (χ0n) is 7.24. The van der Waals surface area contributed by atoms with Crippen molar-refractivity contribution in [2.45, 2.75) is 38.2 Å². The third-order valence-corrected chi connectivity index (χ3v) is 5.65. The molecule has 72 valence electrons. The lowest BCUT2D eigenvalue weighted by Gasteiger charge is -2.18. The number of halogens is 3. The van der Waals surface area contributed by atoms with Crippen LogP contribution < -0.4 is 0 Å². The first-order chi connectivity index (χ1) is 5.33. The van der Waals surface area contributed by atoms with E-state index in [9.17, 15) is 18.0 Å². The summed E-state index contributed by atoms with van der Waals surface area (Å²) < 4.78 is 35.3.